The molecule has 3 nitrogen and oxygen atoms in total. The van der Waals surface area contributed by atoms with Crippen LogP contribution in [0.15, 0.2) is 36.4 Å². The van der Waals surface area contributed by atoms with Gasteiger partial charge in [-0.2, -0.15) is 0 Å². The zero-order valence-corrected chi connectivity index (χ0v) is 10.4. The molecule has 0 spiro atoms. The highest BCUT2D eigenvalue weighted by Crippen LogP contribution is 2.18. The maximum Gasteiger partial charge on any atom is 0.320 e. The van der Waals surface area contributed by atoms with Crippen molar-refractivity contribution in [1.29, 1.82) is 0 Å². The molecule has 1 atom stereocenters. The van der Waals surface area contributed by atoms with Crippen molar-refractivity contribution >= 4 is 16.7 Å². The van der Waals surface area contributed by atoms with Crippen LogP contribution >= 0.6 is 0 Å². The fourth-order valence-corrected chi connectivity index (χ4v) is 2.02. The topological polar surface area (TPSA) is 63.3 Å². The number of benzene rings is 2. The average molecular weight is 243 g/mol. The SMILES string of the molecule is Cc1ccc2cc(CCC(N)C(=O)O)ccc2c1. The lowest BCUT2D eigenvalue weighted by Gasteiger charge is -2.07. The Kier molecular flexibility index (Phi) is 3.63. The normalized spacial score (nSPS) is 12.6. The minimum atomic E-state index is -0.939. The predicted molar refractivity (Wildman–Crippen MR) is 72.6 cm³/mol. The summed E-state index contributed by atoms with van der Waals surface area (Å²) in [5.74, 6) is -0.939. The van der Waals surface area contributed by atoms with Crippen LogP contribution in [-0.4, -0.2) is 17.1 Å². The number of hydrogen-bond donors (Lipinski definition) is 2. The van der Waals surface area contributed by atoms with Crippen LogP contribution in [0, 0.1) is 6.92 Å². The largest absolute Gasteiger partial charge is 0.480 e. The van der Waals surface area contributed by atoms with Crippen molar-refractivity contribution in [2.24, 2.45) is 5.73 Å². The van der Waals surface area contributed by atoms with Gasteiger partial charge < -0.3 is 10.8 Å². The Bertz CT molecular complexity index is 578. The van der Waals surface area contributed by atoms with Gasteiger partial charge in [0.15, 0.2) is 0 Å². The number of rotatable bonds is 4. The Morgan fingerprint density at radius 1 is 1.22 bits per heavy atom. The highest BCUT2D eigenvalue weighted by atomic mass is 16.4. The second-order valence-electron chi connectivity index (χ2n) is 4.67. The molecule has 0 bridgehead atoms. The van der Waals surface area contributed by atoms with Gasteiger partial charge in [0.1, 0.15) is 6.04 Å². The summed E-state index contributed by atoms with van der Waals surface area (Å²) in [5.41, 5.74) is 7.86. The van der Waals surface area contributed by atoms with Gasteiger partial charge >= 0.3 is 5.97 Å². The minimum Gasteiger partial charge on any atom is -0.480 e. The molecule has 0 heterocycles. The number of carbonyl (C=O) groups is 1. The molecule has 0 aromatic heterocycles. The third-order valence-electron chi connectivity index (χ3n) is 3.12. The van der Waals surface area contributed by atoms with Crippen LogP contribution in [0.1, 0.15) is 17.5 Å². The standard InChI is InChI=1S/C15H17NO2/c1-10-2-5-13-9-11(3-6-12(13)8-10)4-7-14(16)15(17)18/h2-3,5-6,8-9,14H,4,7,16H2,1H3,(H,17,18). The van der Waals surface area contributed by atoms with Gasteiger partial charge in [-0.25, -0.2) is 0 Å². The van der Waals surface area contributed by atoms with E-state index in [2.05, 4.69) is 37.3 Å². The Hall–Kier alpha value is -1.87. The highest BCUT2D eigenvalue weighted by Gasteiger charge is 2.10. The molecule has 0 aliphatic carbocycles. The average Bonchev–Trinajstić information content (AvgIpc) is 2.35. The number of carboxylic acid groups (broad SMARTS) is 1. The number of fused-ring (bicyclic) bond motifs is 1. The maximum absolute atomic E-state index is 10.6. The van der Waals surface area contributed by atoms with E-state index in [0.29, 0.717) is 12.8 Å². The van der Waals surface area contributed by atoms with Crippen molar-refractivity contribution in [3.63, 3.8) is 0 Å². The summed E-state index contributed by atoms with van der Waals surface area (Å²) >= 11 is 0. The van der Waals surface area contributed by atoms with Crippen LogP contribution in [0.25, 0.3) is 10.8 Å². The first-order valence-corrected chi connectivity index (χ1v) is 6.04. The van der Waals surface area contributed by atoms with Crippen LogP contribution in [-0.2, 0) is 11.2 Å². The quantitative estimate of drug-likeness (QED) is 0.867. The molecular weight excluding hydrogens is 226 g/mol. The van der Waals surface area contributed by atoms with E-state index in [1.54, 1.807) is 0 Å². The molecule has 2 rings (SSSR count). The number of aryl methyl sites for hydroxylation is 2. The van der Waals surface area contributed by atoms with E-state index < -0.39 is 12.0 Å². The number of aliphatic carboxylic acids is 1. The summed E-state index contributed by atoms with van der Waals surface area (Å²) in [6.45, 7) is 2.07. The second-order valence-corrected chi connectivity index (χ2v) is 4.67. The Morgan fingerprint density at radius 3 is 2.61 bits per heavy atom. The van der Waals surface area contributed by atoms with Crippen molar-refractivity contribution in [1.82, 2.24) is 0 Å². The van der Waals surface area contributed by atoms with Gasteiger partial charge in [0.25, 0.3) is 0 Å². The predicted octanol–water partition coefficient (Wildman–Crippen LogP) is 2.49. The molecule has 0 fully saturated rings. The molecule has 0 amide bonds. The first-order chi connectivity index (χ1) is 8.56. The van der Waals surface area contributed by atoms with E-state index in [4.69, 9.17) is 10.8 Å². The smallest absolute Gasteiger partial charge is 0.320 e. The Balaban J connectivity index is 2.15. The fourth-order valence-electron chi connectivity index (χ4n) is 2.02. The van der Waals surface area contributed by atoms with Gasteiger partial charge in [0, 0.05) is 0 Å². The van der Waals surface area contributed by atoms with Gasteiger partial charge in [-0.15, -0.1) is 0 Å². The van der Waals surface area contributed by atoms with Crippen molar-refractivity contribution < 1.29 is 9.90 Å². The van der Waals surface area contributed by atoms with Crippen LogP contribution in [0.5, 0.6) is 0 Å². The van der Waals surface area contributed by atoms with Crippen LogP contribution < -0.4 is 5.73 Å². The molecule has 94 valence electrons. The Labute approximate surface area is 106 Å². The van der Waals surface area contributed by atoms with Gasteiger partial charge in [-0.3, -0.25) is 4.79 Å². The lowest BCUT2D eigenvalue weighted by molar-refractivity contribution is -0.138. The molecule has 0 saturated carbocycles. The third-order valence-corrected chi connectivity index (χ3v) is 3.12. The maximum atomic E-state index is 10.6. The molecule has 0 aliphatic rings. The number of carboxylic acids is 1. The molecule has 3 N–H and O–H groups in total. The molecule has 0 saturated heterocycles. The van der Waals surface area contributed by atoms with E-state index in [1.165, 1.54) is 16.3 Å². The number of hydrogen-bond acceptors (Lipinski definition) is 2. The third kappa shape index (κ3) is 2.87. The second kappa shape index (κ2) is 5.19. The summed E-state index contributed by atoms with van der Waals surface area (Å²) < 4.78 is 0. The summed E-state index contributed by atoms with van der Waals surface area (Å²) in [7, 11) is 0. The van der Waals surface area contributed by atoms with Gasteiger partial charge in [0.2, 0.25) is 0 Å². The molecule has 2 aromatic carbocycles. The van der Waals surface area contributed by atoms with Crippen molar-refractivity contribution in [2.45, 2.75) is 25.8 Å². The van der Waals surface area contributed by atoms with E-state index >= 15 is 0 Å². The minimum absolute atomic E-state index is 0.465. The zero-order chi connectivity index (χ0) is 13.1. The van der Waals surface area contributed by atoms with Gasteiger partial charge in [0.05, 0.1) is 0 Å². The van der Waals surface area contributed by atoms with Crippen LogP contribution in [0.2, 0.25) is 0 Å². The van der Waals surface area contributed by atoms with E-state index in [9.17, 15) is 4.79 Å². The lowest BCUT2D eigenvalue weighted by Crippen LogP contribution is -2.30. The van der Waals surface area contributed by atoms with E-state index in [1.807, 2.05) is 6.07 Å². The molecule has 18 heavy (non-hydrogen) atoms. The monoisotopic (exact) mass is 243 g/mol. The molecule has 2 aromatic rings. The lowest BCUT2D eigenvalue weighted by atomic mass is 10.0. The summed E-state index contributed by atoms with van der Waals surface area (Å²) in [5, 5.41) is 11.1. The highest BCUT2D eigenvalue weighted by molar-refractivity contribution is 5.83. The Morgan fingerprint density at radius 2 is 1.89 bits per heavy atom. The molecular formula is C15H17NO2. The zero-order valence-electron chi connectivity index (χ0n) is 10.4. The van der Waals surface area contributed by atoms with Gasteiger partial charge in [-0.1, -0.05) is 42.0 Å². The fraction of sp³-hybridized carbons (Fsp3) is 0.267. The van der Waals surface area contributed by atoms with E-state index in [-0.39, 0.29) is 0 Å². The van der Waals surface area contributed by atoms with E-state index in [0.717, 1.165) is 5.56 Å². The van der Waals surface area contributed by atoms with Gasteiger partial charge in [-0.05, 0) is 36.1 Å². The molecule has 0 aliphatic heterocycles. The van der Waals surface area contributed by atoms with Crippen molar-refractivity contribution in [3.05, 3.63) is 47.5 Å². The van der Waals surface area contributed by atoms with Crippen LogP contribution in [0.4, 0.5) is 0 Å². The molecule has 0 radical (unpaired) electrons. The number of nitrogens with two attached hydrogens (primary N) is 1. The van der Waals surface area contributed by atoms with Crippen LogP contribution in [0.3, 0.4) is 0 Å². The van der Waals surface area contributed by atoms with Crippen molar-refractivity contribution in [2.75, 3.05) is 0 Å². The first-order valence-electron chi connectivity index (χ1n) is 6.04. The summed E-state index contributed by atoms with van der Waals surface area (Å²) in [6.07, 6.45) is 1.16. The summed E-state index contributed by atoms with van der Waals surface area (Å²) in [4.78, 5) is 10.6. The summed E-state index contributed by atoms with van der Waals surface area (Å²) in [6, 6.07) is 11.7. The molecule has 1 unspecified atom stereocenters. The molecule has 3 heteroatoms. The van der Waals surface area contributed by atoms with Crippen molar-refractivity contribution in [3.8, 4) is 0 Å². The first kappa shape index (κ1) is 12.6.